The lowest BCUT2D eigenvalue weighted by Gasteiger charge is -2.40. The van der Waals surface area contributed by atoms with Crippen molar-refractivity contribution in [2.24, 2.45) is 0 Å². The molecule has 0 aromatic heterocycles. The van der Waals surface area contributed by atoms with Crippen molar-refractivity contribution >= 4 is 0 Å². The zero-order valence-corrected chi connectivity index (χ0v) is 11.2. The van der Waals surface area contributed by atoms with Crippen LogP contribution in [0.5, 0.6) is 0 Å². The number of nitrogens with zero attached hydrogens (tertiary/aromatic N) is 1. The summed E-state index contributed by atoms with van der Waals surface area (Å²) in [5, 5.41) is 3.53. The molecular weight excluding hydrogens is 208 g/mol. The molecule has 0 bridgehead atoms. The van der Waals surface area contributed by atoms with Gasteiger partial charge in [-0.25, -0.2) is 0 Å². The summed E-state index contributed by atoms with van der Waals surface area (Å²) in [4.78, 5) is 2.61. The summed E-state index contributed by atoms with van der Waals surface area (Å²) in [5.41, 5.74) is 1.45. The van der Waals surface area contributed by atoms with E-state index in [1.54, 1.807) is 0 Å². The highest BCUT2D eigenvalue weighted by molar-refractivity contribution is 5.19. The normalized spacial score (nSPS) is 27.9. The molecule has 1 heterocycles. The Kier molecular flexibility index (Phi) is 4.19. The van der Waals surface area contributed by atoms with Crippen LogP contribution in [0.2, 0.25) is 0 Å². The Morgan fingerprint density at radius 1 is 1.29 bits per heavy atom. The smallest absolute Gasteiger partial charge is 0.0219 e. The Labute approximate surface area is 105 Å². The number of nitrogens with one attached hydrogen (secondary N) is 1. The van der Waals surface area contributed by atoms with Crippen molar-refractivity contribution in [1.82, 2.24) is 10.2 Å². The fourth-order valence-electron chi connectivity index (χ4n) is 2.62. The van der Waals surface area contributed by atoms with Gasteiger partial charge in [0.25, 0.3) is 0 Å². The molecule has 0 amide bonds. The van der Waals surface area contributed by atoms with Gasteiger partial charge in [0.15, 0.2) is 0 Å². The molecule has 2 rings (SSSR count). The summed E-state index contributed by atoms with van der Waals surface area (Å²) in [6, 6.07) is 12.1. The first-order valence-electron chi connectivity index (χ1n) is 6.71. The topological polar surface area (TPSA) is 15.3 Å². The van der Waals surface area contributed by atoms with Crippen molar-refractivity contribution in [2.75, 3.05) is 19.6 Å². The van der Waals surface area contributed by atoms with Crippen molar-refractivity contribution in [3.63, 3.8) is 0 Å². The van der Waals surface area contributed by atoms with Gasteiger partial charge in [0.2, 0.25) is 0 Å². The van der Waals surface area contributed by atoms with E-state index in [0.717, 1.165) is 13.1 Å². The monoisotopic (exact) mass is 232 g/mol. The summed E-state index contributed by atoms with van der Waals surface area (Å²) in [7, 11) is 0. The molecule has 1 aromatic rings. The molecule has 3 atom stereocenters. The molecule has 3 unspecified atom stereocenters. The van der Waals surface area contributed by atoms with Crippen LogP contribution in [-0.2, 0) is 0 Å². The van der Waals surface area contributed by atoms with Gasteiger partial charge in [0, 0.05) is 31.7 Å². The van der Waals surface area contributed by atoms with Gasteiger partial charge in [0.05, 0.1) is 0 Å². The van der Waals surface area contributed by atoms with Crippen molar-refractivity contribution in [1.29, 1.82) is 0 Å². The van der Waals surface area contributed by atoms with Crippen LogP contribution in [0.1, 0.15) is 32.3 Å². The minimum atomic E-state index is 0.603. The quantitative estimate of drug-likeness (QED) is 0.861. The van der Waals surface area contributed by atoms with E-state index in [-0.39, 0.29) is 0 Å². The van der Waals surface area contributed by atoms with Crippen LogP contribution in [0, 0.1) is 0 Å². The summed E-state index contributed by atoms with van der Waals surface area (Å²) in [5.74, 6) is 0.615. The Morgan fingerprint density at radius 2 is 2.00 bits per heavy atom. The summed E-state index contributed by atoms with van der Waals surface area (Å²) >= 11 is 0. The second kappa shape index (κ2) is 5.65. The van der Waals surface area contributed by atoms with Gasteiger partial charge >= 0.3 is 0 Å². The molecule has 2 heteroatoms. The van der Waals surface area contributed by atoms with Crippen LogP contribution >= 0.6 is 0 Å². The molecule has 0 saturated carbocycles. The molecule has 0 spiro atoms. The van der Waals surface area contributed by atoms with Gasteiger partial charge in [-0.05, 0) is 25.3 Å². The standard InChI is InChI=1S/C15H24N2/c1-12(15-7-5-4-6-8-15)11-17-10-9-16-13(2)14(17)3/h4-8,12-14,16H,9-11H2,1-3H3. The molecule has 1 fully saturated rings. The van der Waals surface area contributed by atoms with E-state index in [1.165, 1.54) is 12.1 Å². The predicted octanol–water partition coefficient (Wildman–Crippen LogP) is 2.47. The lowest BCUT2D eigenvalue weighted by molar-refractivity contribution is 0.132. The number of rotatable bonds is 3. The molecule has 1 aromatic carbocycles. The summed E-state index contributed by atoms with van der Waals surface area (Å²) < 4.78 is 0. The molecule has 0 aliphatic carbocycles. The third-order valence-corrected chi connectivity index (χ3v) is 4.04. The highest BCUT2D eigenvalue weighted by atomic mass is 15.2. The molecular formula is C15H24N2. The average Bonchev–Trinajstić information content (AvgIpc) is 2.36. The van der Waals surface area contributed by atoms with Gasteiger partial charge < -0.3 is 5.32 Å². The zero-order chi connectivity index (χ0) is 12.3. The molecule has 1 aliphatic heterocycles. The number of piperazine rings is 1. The van der Waals surface area contributed by atoms with Gasteiger partial charge in [-0.3, -0.25) is 4.90 Å². The molecule has 0 radical (unpaired) electrons. The first-order chi connectivity index (χ1) is 8.18. The lowest BCUT2D eigenvalue weighted by Crippen LogP contribution is -2.55. The van der Waals surface area contributed by atoms with Crippen molar-refractivity contribution < 1.29 is 0 Å². The van der Waals surface area contributed by atoms with Crippen LogP contribution in [0.4, 0.5) is 0 Å². The van der Waals surface area contributed by atoms with Crippen LogP contribution in [-0.4, -0.2) is 36.6 Å². The Balaban J connectivity index is 1.96. The fourth-order valence-corrected chi connectivity index (χ4v) is 2.62. The maximum atomic E-state index is 3.53. The van der Waals surface area contributed by atoms with E-state index < -0.39 is 0 Å². The summed E-state index contributed by atoms with van der Waals surface area (Å²) in [6.07, 6.45) is 0. The van der Waals surface area contributed by atoms with E-state index >= 15 is 0 Å². The Hall–Kier alpha value is -0.860. The number of benzene rings is 1. The van der Waals surface area contributed by atoms with E-state index in [9.17, 15) is 0 Å². The van der Waals surface area contributed by atoms with Crippen LogP contribution in [0.25, 0.3) is 0 Å². The minimum Gasteiger partial charge on any atom is -0.311 e. The summed E-state index contributed by atoms with van der Waals surface area (Å²) in [6.45, 7) is 10.4. The van der Waals surface area contributed by atoms with E-state index in [1.807, 2.05) is 0 Å². The fraction of sp³-hybridized carbons (Fsp3) is 0.600. The van der Waals surface area contributed by atoms with Gasteiger partial charge in [-0.1, -0.05) is 37.3 Å². The maximum Gasteiger partial charge on any atom is 0.0219 e. The lowest BCUT2D eigenvalue weighted by atomic mass is 9.98. The van der Waals surface area contributed by atoms with Gasteiger partial charge in [-0.2, -0.15) is 0 Å². The molecule has 17 heavy (non-hydrogen) atoms. The molecule has 1 N–H and O–H groups in total. The van der Waals surface area contributed by atoms with E-state index in [2.05, 4.69) is 61.3 Å². The van der Waals surface area contributed by atoms with E-state index in [4.69, 9.17) is 0 Å². The van der Waals surface area contributed by atoms with Crippen molar-refractivity contribution in [3.05, 3.63) is 35.9 Å². The van der Waals surface area contributed by atoms with Crippen LogP contribution < -0.4 is 5.32 Å². The molecule has 2 nitrogen and oxygen atoms in total. The largest absolute Gasteiger partial charge is 0.311 e. The zero-order valence-electron chi connectivity index (χ0n) is 11.2. The third-order valence-electron chi connectivity index (χ3n) is 4.04. The Bertz CT molecular complexity index is 336. The molecule has 1 aliphatic rings. The van der Waals surface area contributed by atoms with Gasteiger partial charge in [0.1, 0.15) is 0 Å². The van der Waals surface area contributed by atoms with Crippen LogP contribution in [0.15, 0.2) is 30.3 Å². The van der Waals surface area contributed by atoms with Crippen LogP contribution in [0.3, 0.4) is 0 Å². The van der Waals surface area contributed by atoms with Crippen molar-refractivity contribution in [3.8, 4) is 0 Å². The maximum absolute atomic E-state index is 3.53. The first kappa shape index (κ1) is 12.6. The number of hydrogen-bond acceptors (Lipinski definition) is 2. The third kappa shape index (κ3) is 3.08. The highest BCUT2D eigenvalue weighted by Crippen LogP contribution is 2.19. The van der Waals surface area contributed by atoms with Gasteiger partial charge in [-0.15, -0.1) is 0 Å². The molecule has 1 saturated heterocycles. The van der Waals surface area contributed by atoms with Crippen molar-refractivity contribution in [2.45, 2.75) is 38.8 Å². The second-order valence-electron chi connectivity index (χ2n) is 5.29. The predicted molar refractivity (Wildman–Crippen MR) is 73.4 cm³/mol. The number of hydrogen-bond donors (Lipinski definition) is 1. The SMILES string of the molecule is CC(CN1CCNC(C)C1C)c1ccccc1. The molecule has 94 valence electrons. The Morgan fingerprint density at radius 3 is 2.71 bits per heavy atom. The highest BCUT2D eigenvalue weighted by Gasteiger charge is 2.25. The van der Waals surface area contributed by atoms with E-state index in [0.29, 0.717) is 18.0 Å². The second-order valence-corrected chi connectivity index (χ2v) is 5.29. The minimum absolute atomic E-state index is 0.603. The first-order valence-corrected chi connectivity index (χ1v) is 6.71. The average molecular weight is 232 g/mol.